The summed E-state index contributed by atoms with van der Waals surface area (Å²) >= 11 is 0. The third kappa shape index (κ3) is 4.05. The minimum Gasteiger partial charge on any atom is -0.340 e. The lowest BCUT2D eigenvalue weighted by molar-refractivity contribution is 0.687. The van der Waals surface area contributed by atoms with Gasteiger partial charge in [-0.3, -0.25) is 4.68 Å². The first-order valence-electron chi connectivity index (χ1n) is 10.4. The van der Waals surface area contributed by atoms with Crippen LogP contribution in [-0.4, -0.2) is 24.4 Å². The molecule has 0 aliphatic carbocycles. The Bertz CT molecular complexity index is 1300. The molecule has 5 aromatic rings. The van der Waals surface area contributed by atoms with Gasteiger partial charge in [-0.1, -0.05) is 56.3 Å². The van der Waals surface area contributed by atoms with E-state index in [0.717, 1.165) is 34.8 Å². The highest BCUT2D eigenvalue weighted by molar-refractivity contribution is 5.77. The summed E-state index contributed by atoms with van der Waals surface area (Å²) in [4.78, 5) is 4.81. The van der Waals surface area contributed by atoms with Crippen LogP contribution in [0.1, 0.15) is 30.9 Å². The highest BCUT2D eigenvalue weighted by Gasteiger charge is 2.11. The lowest BCUT2D eigenvalue weighted by atomic mass is 10.0. The van der Waals surface area contributed by atoms with Crippen LogP contribution < -0.4 is 5.32 Å². The molecule has 1 N–H and O–H groups in total. The summed E-state index contributed by atoms with van der Waals surface area (Å²) < 4.78 is 3.73. The van der Waals surface area contributed by atoms with Crippen LogP contribution in [-0.2, 0) is 6.54 Å². The zero-order valence-electron chi connectivity index (χ0n) is 17.6. The van der Waals surface area contributed by atoms with Crippen LogP contribution in [0, 0.1) is 0 Å². The Balaban J connectivity index is 1.40. The third-order valence-corrected chi connectivity index (χ3v) is 5.35. The lowest BCUT2D eigenvalue weighted by Crippen LogP contribution is -1.99. The zero-order valence-corrected chi connectivity index (χ0v) is 17.6. The third-order valence-electron chi connectivity index (χ3n) is 5.35. The highest BCUT2D eigenvalue weighted by atomic mass is 15.3. The number of hydrogen-bond donors (Lipinski definition) is 1. The monoisotopic (exact) mass is 408 g/mol. The summed E-state index contributed by atoms with van der Waals surface area (Å²) in [6.07, 6.45) is 7.67. The quantitative estimate of drug-likeness (QED) is 0.403. The van der Waals surface area contributed by atoms with E-state index in [4.69, 9.17) is 4.98 Å². The van der Waals surface area contributed by atoms with Crippen LogP contribution in [0.15, 0.2) is 85.5 Å². The molecule has 0 spiro atoms. The predicted octanol–water partition coefficient (Wildman–Crippen LogP) is 5.51. The SMILES string of the molecule is CC(C)c1ccc(Nc2ccn3ncc(-c4cnn(Cc5ccccc5)c4)c3n2)cc1. The van der Waals surface area contributed by atoms with Crippen molar-refractivity contribution in [2.24, 2.45) is 0 Å². The molecule has 6 heteroatoms. The second-order valence-corrected chi connectivity index (χ2v) is 7.95. The number of nitrogens with zero attached hydrogens (tertiary/aromatic N) is 5. The van der Waals surface area contributed by atoms with Crippen LogP contribution >= 0.6 is 0 Å². The van der Waals surface area contributed by atoms with Gasteiger partial charge in [-0.25, -0.2) is 9.50 Å². The Labute approximate surface area is 181 Å². The second kappa shape index (κ2) is 8.07. The van der Waals surface area contributed by atoms with Crippen LogP contribution in [0.2, 0.25) is 0 Å². The fourth-order valence-corrected chi connectivity index (χ4v) is 3.60. The number of fused-ring (bicyclic) bond motifs is 1. The first kappa shape index (κ1) is 19.1. The van der Waals surface area contributed by atoms with Gasteiger partial charge in [0.15, 0.2) is 5.65 Å². The van der Waals surface area contributed by atoms with Gasteiger partial charge < -0.3 is 5.32 Å². The topological polar surface area (TPSA) is 60.0 Å². The van der Waals surface area contributed by atoms with Crippen LogP contribution in [0.5, 0.6) is 0 Å². The molecule has 5 rings (SSSR count). The molecule has 0 unspecified atom stereocenters. The van der Waals surface area contributed by atoms with Gasteiger partial charge in [-0.15, -0.1) is 0 Å². The van der Waals surface area contributed by atoms with Gasteiger partial charge in [0.1, 0.15) is 5.82 Å². The number of anilines is 2. The summed E-state index contributed by atoms with van der Waals surface area (Å²) in [5.41, 5.74) is 6.29. The molecule has 0 saturated heterocycles. The summed E-state index contributed by atoms with van der Waals surface area (Å²) in [5, 5.41) is 12.4. The molecule has 2 aromatic carbocycles. The second-order valence-electron chi connectivity index (χ2n) is 7.95. The molecule has 6 nitrogen and oxygen atoms in total. The molecule has 0 atom stereocenters. The van der Waals surface area contributed by atoms with E-state index < -0.39 is 0 Å². The molecular formula is C25H24N6. The molecule has 0 aliphatic rings. The Morgan fingerprint density at radius 3 is 2.48 bits per heavy atom. The maximum atomic E-state index is 4.81. The summed E-state index contributed by atoms with van der Waals surface area (Å²) in [6, 6.07) is 20.7. The van der Waals surface area contributed by atoms with Gasteiger partial charge in [-0.05, 0) is 35.2 Å². The maximum absolute atomic E-state index is 4.81. The van der Waals surface area contributed by atoms with Crippen molar-refractivity contribution in [2.45, 2.75) is 26.3 Å². The summed E-state index contributed by atoms with van der Waals surface area (Å²) in [5.74, 6) is 1.30. The van der Waals surface area contributed by atoms with Crippen molar-refractivity contribution in [3.8, 4) is 11.1 Å². The standard InChI is InChI=1S/C25H24N6/c1-18(2)20-8-10-22(11-9-20)28-24-12-13-31-25(29-24)23(15-27-31)21-14-26-30(17-21)16-19-6-4-3-5-7-19/h3-15,17-18H,16H2,1-2H3,(H,28,29). The normalized spacial score (nSPS) is 11.3. The van der Waals surface area contributed by atoms with Crippen LogP contribution in [0.4, 0.5) is 11.5 Å². The average Bonchev–Trinajstić information content (AvgIpc) is 3.41. The smallest absolute Gasteiger partial charge is 0.165 e. The summed E-state index contributed by atoms with van der Waals surface area (Å²) in [7, 11) is 0. The van der Waals surface area contributed by atoms with Crippen molar-refractivity contribution in [1.82, 2.24) is 24.4 Å². The van der Waals surface area contributed by atoms with Crippen molar-refractivity contribution >= 4 is 17.2 Å². The van der Waals surface area contributed by atoms with E-state index >= 15 is 0 Å². The average molecular weight is 409 g/mol. The Morgan fingerprint density at radius 1 is 0.903 bits per heavy atom. The van der Waals surface area contributed by atoms with E-state index in [1.54, 1.807) is 4.52 Å². The molecule has 0 saturated carbocycles. The van der Waals surface area contributed by atoms with E-state index in [1.807, 2.05) is 53.7 Å². The minimum atomic E-state index is 0.515. The van der Waals surface area contributed by atoms with E-state index in [2.05, 4.69) is 65.8 Å². The number of benzene rings is 2. The van der Waals surface area contributed by atoms with Gasteiger partial charge in [0.2, 0.25) is 0 Å². The molecule has 0 amide bonds. The van der Waals surface area contributed by atoms with Gasteiger partial charge in [0.05, 0.1) is 18.9 Å². The van der Waals surface area contributed by atoms with Crippen molar-refractivity contribution in [1.29, 1.82) is 0 Å². The van der Waals surface area contributed by atoms with Crippen molar-refractivity contribution in [3.05, 3.63) is 96.6 Å². The van der Waals surface area contributed by atoms with Crippen molar-refractivity contribution in [3.63, 3.8) is 0 Å². The molecule has 0 radical (unpaired) electrons. The number of nitrogens with one attached hydrogen (secondary N) is 1. The van der Waals surface area contributed by atoms with Crippen molar-refractivity contribution in [2.75, 3.05) is 5.32 Å². The zero-order chi connectivity index (χ0) is 21.2. The molecular weight excluding hydrogens is 384 g/mol. The van der Waals surface area contributed by atoms with E-state index in [0.29, 0.717) is 5.92 Å². The minimum absolute atomic E-state index is 0.515. The largest absolute Gasteiger partial charge is 0.340 e. The van der Waals surface area contributed by atoms with Gasteiger partial charge in [0, 0.05) is 29.2 Å². The molecule has 3 heterocycles. The van der Waals surface area contributed by atoms with E-state index in [-0.39, 0.29) is 0 Å². The molecule has 31 heavy (non-hydrogen) atoms. The highest BCUT2D eigenvalue weighted by Crippen LogP contribution is 2.25. The summed E-state index contributed by atoms with van der Waals surface area (Å²) in [6.45, 7) is 5.12. The molecule has 0 fully saturated rings. The fourth-order valence-electron chi connectivity index (χ4n) is 3.60. The first-order chi connectivity index (χ1) is 15.2. The number of aromatic nitrogens is 5. The molecule has 154 valence electrons. The molecule has 0 aliphatic heterocycles. The van der Waals surface area contributed by atoms with Crippen LogP contribution in [0.3, 0.4) is 0 Å². The van der Waals surface area contributed by atoms with Crippen molar-refractivity contribution < 1.29 is 0 Å². The first-order valence-corrected chi connectivity index (χ1v) is 10.4. The molecule has 3 aromatic heterocycles. The number of rotatable bonds is 6. The Kier molecular flexibility index (Phi) is 4.96. The number of hydrogen-bond acceptors (Lipinski definition) is 4. The van der Waals surface area contributed by atoms with Gasteiger partial charge in [0.25, 0.3) is 0 Å². The van der Waals surface area contributed by atoms with Gasteiger partial charge in [-0.2, -0.15) is 10.2 Å². The molecule has 0 bridgehead atoms. The Morgan fingerprint density at radius 2 is 1.71 bits per heavy atom. The lowest BCUT2D eigenvalue weighted by Gasteiger charge is -2.09. The van der Waals surface area contributed by atoms with E-state index in [9.17, 15) is 0 Å². The maximum Gasteiger partial charge on any atom is 0.165 e. The Hall–Kier alpha value is -3.93. The van der Waals surface area contributed by atoms with E-state index in [1.165, 1.54) is 11.1 Å². The van der Waals surface area contributed by atoms with Gasteiger partial charge >= 0.3 is 0 Å². The predicted molar refractivity (Wildman–Crippen MR) is 124 cm³/mol. The van der Waals surface area contributed by atoms with Crippen LogP contribution in [0.25, 0.3) is 16.8 Å². The fraction of sp³-hybridized carbons (Fsp3) is 0.160.